The molecule has 0 aliphatic heterocycles. The summed E-state index contributed by atoms with van der Waals surface area (Å²) in [5.41, 5.74) is 3.62. The van der Waals surface area contributed by atoms with E-state index in [1.165, 1.54) is 63.4 Å². The molecule has 168 valence electrons. The molecule has 2 aliphatic carbocycles. The van der Waals surface area contributed by atoms with Gasteiger partial charge in [0.25, 0.3) is 0 Å². The van der Waals surface area contributed by atoms with Crippen LogP contribution in [0.4, 0.5) is 0 Å². The number of ether oxygens (including phenoxy) is 1. The van der Waals surface area contributed by atoms with Crippen LogP contribution in [0.15, 0.2) is 61.2 Å². The van der Waals surface area contributed by atoms with E-state index in [1.807, 2.05) is 24.3 Å². The number of hydrogen-bond acceptors (Lipinski definition) is 1. The minimum Gasteiger partial charge on any atom is -0.490 e. The van der Waals surface area contributed by atoms with Crippen molar-refractivity contribution in [1.82, 2.24) is 0 Å². The van der Waals surface area contributed by atoms with Crippen molar-refractivity contribution in [2.45, 2.75) is 70.6 Å². The summed E-state index contributed by atoms with van der Waals surface area (Å²) in [5, 5.41) is 0. The number of benzene rings is 2. The molecule has 4 rings (SSSR count). The lowest BCUT2D eigenvalue weighted by Crippen LogP contribution is -2.30. The summed E-state index contributed by atoms with van der Waals surface area (Å²) in [6, 6.07) is 17.0. The van der Waals surface area contributed by atoms with Gasteiger partial charge in [0.05, 0.1) is 0 Å². The van der Waals surface area contributed by atoms with Gasteiger partial charge in [-0.1, -0.05) is 69.2 Å². The zero-order chi connectivity index (χ0) is 22.2. The van der Waals surface area contributed by atoms with Gasteiger partial charge in [-0.3, -0.25) is 0 Å². The molecule has 0 radical (unpaired) electrons. The molecule has 1 heteroatoms. The highest BCUT2D eigenvalue weighted by Gasteiger charge is 2.35. The first-order valence-electron chi connectivity index (χ1n) is 12.7. The molecule has 0 spiro atoms. The molecule has 4 unspecified atom stereocenters. The van der Waals surface area contributed by atoms with Crippen LogP contribution in [0.2, 0.25) is 0 Å². The number of fused-ring (bicyclic) bond motifs is 1. The van der Waals surface area contributed by atoms with Gasteiger partial charge in [0, 0.05) is 11.1 Å². The van der Waals surface area contributed by atoms with Gasteiger partial charge in [0.15, 0.2) is 0 Å². The van der Waals surface area contributed by atoms with Gasteiger partial charge in [-0.25, -0.2) is 0 Å². The molecule has 2 fully saturated rings. The Bertz CT molecular complexity index is 912. The van der Waals surface area contributed by atoms with Crippen molar-refractivity contribution < 1.29 is 4.74 Å². The number of hydrogen-bond donors (Lipinski definition) is 0. The average Bonchev–Trinajstić information content (AvgIpc) is 2.85. The van der Waals surface area contributed by atoms with Crippen LogP contribution in [0.5, 0.6) is 5.75 Å². The van der Waals surface area contributed by atoms with Crippen molar-refractivity contribution >= 4 is 0 Å². The monoisotopic (exact) mass is 426 g/mol. The molecule has 0 bridgehead atoms. The van der Waals surface area contributed by atoms with Crippen molar-refractivity contribution in [3.05, 3.63) is 77.9 Å². The van der Waals surface area contributed by atoms with E-state index in [0.717, 1.165) is 40.5 Å². The highest BCUT2D eigenvalue weighted by atomic mass is 16.5. The van der Waals surface area contributed by atoms with E-state index in [9.17, 15) is 0 Å². The van der Waals surface area contributed by atoms with Gasteiger partial charge < -0.3 is 4.74 Å². The van der Waals surface area contributed by atoms with Gasteiger partial charge >= 0.3 is 0 Å². The van der Waals surface area contributed by atoms with Crippen LogP contribution in [0.1, 0.15) is 87.3 Å². The third-order valence-electron chi connectivity index (χ3n) is 7.64. The standard InChI is InChI=1S/C31H38O/c1-3-5-6-26-11-16-30-23-29(18-17-28(30)22-26)27-14-9-24(10-15-27)7-8-25-12-19-31(20-13-25)32-21-4-2/h4,9-10,12-15,19-20,26,28-30H,2-3,5-6,11,16-18,21-23H2,1H3. The van der Waals surface area contributed by atoms with E-state index in [-0.39, 0.29) is 0 Å². The molecule has 4 atom stereocenters. The third kappa shape index (κ3) is 6.07. The SMILES string of the molecule is C=CCOc1ccc(C#Cc2ccc(C3CCC4CC(CCCC)CCC4C3)cc2)cc1. The molecule has 2 aromatic carbocycles. The fourth-order valence-electron chi connectivity index (χ4n) is 5.82. The van der Waals surface area contributed by atoms with Crippen molar-refractivity contribution in [2.24, 2.45) is 17.8 Å². The van der Waals surface area contributed by atoms with Crippen molar-refractivity contribution in [3.8, 4) is 17.6 Å². The van der Waals surface area contributed by atoms with Crippen molar-refractivity contribution in [1.29, 1.82) is 0 Å². The molecule has 0 amide bonds. The minimum atomic E-state index is 0.527. The summed E-state index contributed by atoms with van der Waals surface area (Å²) in [6.07, 6.45) is 14.7. The van der Waals surface area contributed by atoms with Crippen LogP contribution in [0.25, 0.3) is 0 Å². The Kier molecular flexibility index (Phi) is 8.11. The van der Waals surface area contributed by atoms with Crippen LogP contribution in [-0.2, 0) is 0 Å². The highest BCUT2D eigenvalue weighted by Crippen LogP contribution is 2.48. The molecule has 0 N–H and O–H groups in total. The summed E-state index contributed by atoms with van der Waals surface area (Å²) in [5.74, 6) is 11.2. The summed E-state index contributed by atoms with van der Waals surface area (Å²) in [7, 11) is 0. The number of unbranched alkanes of at least 4 members (excludes halogenated alkanes) is 1. The zero-order valence-electron chi connectivity index (χ0n) is 19.7. The fraction of sp³-hybridized carbons (Fsp3) is 0.484. The Morgan fingerprint density at radius 1 is 0.875 bits per heavy atom. The molecule has 1 nitrogen and oxygen atoms in total. The predicted molar refractivity (Wildman–Crippen MR) is 135 cm³/mol. The van der Waals surface area contributed by atoms with E-state index in [2.05, 4.69) is 49.6 Å². The van der Waals surface area contributed by atoms with Crippen LogP contribution in [-0.4, -0.2) is 6.61 Å². The van der Waals surface area contributed by atoms with Crippen molar-refractivity contribution in [2.75, 3.05) is 6.61 Å². The second kappa shape index (κ2) is 11.4. The summed E-state index contributed by atoms with van der Waals surface area (Å²) in [4.78, 5) is 0. The normalized spacial score (nSPS) is 24.7. The zero-order valence-corrected chi connectivity index (χ0v) is 19.7. The summed E-state index contributed by atoms with van der Waals surface area (Å²) >= 11 is 0. The molecule has 0 heterocycles. The second-order valence-electron chi connectivity index (χ2n) is 9.85. The first kappa shape index (κ1) is 22.7. The Labute approximate surface area is 195 Å². The Hall–Kier alpha value is -2.46. The Morgan fingerprint density at radius 3 is 2.22 bits per heavy atom. The van der Waals surface area contributed by atoms with E-state index in [1.54, 1.807) is 6.08 Å². The molecule has 0 saturated heterocycles. The van der Waals surface area contributed by atoms with Gasteiger partial charge in [0.1, 0.15) is 12.4 Å². The first-order chi connectivity index (χ1) is 15.7. The maximum absolute atomic E-state index is 5.53. The second-order valence-corrected chi connectivity index (χ2v) is 9.85. The highest BCUT2D eigenvalue weighted by molar-refractivity contribution is 5.45. The fourth-order valence-corrected chi connectivity index (χ4v) is 5.82. The molecule has 2 aliphatic rings. The summed E-state index contributed by atoms with van der Waals surface area (Å²) < 4.78 is 5.53. The molecule has 2 saturated carbocycles. The maximum Gasteiger partial charge on any atom is 0.119 e. The maximum atomic E-state index is 5.53. The van der Waals surface area contributed by atoms with E-state index >= 15 is 0 Å². The first-order valence-corrected chi connectivity index (χ1v) is 12.7. The minimum absolute atomic E-state index is 0.527. The van der Waals surface area contributed by atoms with E-state index in [4.69, 9.17) is 4.74 Å². The molecule has 0 aromatic heterocycles. The Morgan fingerprint density at radius 2 is 1.53 bits per heavy atom. The summed E-state index contributed by atoms with van der Waals surface area (Å²) in [6.45, 7) is 6.53. The topological polar surface area (TPSA) is 9.23 Å². The lowest BCUT2D eigenvalue weighted by molar-refractivity contribution is 0.113. The third-order valence-corrected chi connectivity index (χ3v) is 7.64. The van der Waals surface area contributed by atoms with Gasteiger partial charge in [-0.15, -0.1) is 0 Å². The number of rotatable bonds is 7. The average molecular weight is 427 g/mol. The predicted octanol–water partition coefficient (Wildman–Crippen LogP) is 8.14. The van der Waals surface area contributed by atoms with Crippen LogP contribution < -0.4 is 4.74 Å². The largest absolute Gasteiger partial charge is 0.490 e. The molecular weight excluding hydrogens is 388 g/mol. The van der Waals surface area contributed by atoms with Gasteiger partial charge in [0.2, 0.25) is 0 Å². The van der Waals surface area contributed by atoms with E-state index in [0.29, 0.717) is 6.61 Å². The molecular formula is C31H38O. The quantitative estimate of drug-likeness (QED) is 0.321. The van der Waals surface area contributed by atoms with Gasteiger partial charge in [-0.2, -0.15) is 0 Å². The van der Waals surface area contributed by atoms with Gasteiger partial charge in [-0.05, 0) is 97.7 Å². The lowest BCUT2D eigenvalue weighted by Gasteiger charge is -2.42. The molecule has 2 aromatic rings. The van der Waals surface area contributed by atoms with E-state index < -0.39 is 0 Å². The molecule has 32 heavy (non-hydrogen) atoms. The van der Waals surface area contributed by atoms with Crippen LogP contribution in [0.3, 0.4) is 0 Å². The smallest absolute Gasteiger partial charge is 0.119 e. The lowest BCUT2D eigenvalue weighted by atomic mass is 9.63. The Balaban J connectivity index is 1.31. The van der Waals surface area contributed by atoms with Crippen LogP contribution >= 0.6 is 0 Å². The van der Waals surface area contributed by atoms with Crippen LogP contribution in [0, 0.1) is 29.6 Å². The van der Waals surface area contributed by atoms with Crippen molar-refractivity contribution in [3.63, 3.8) is 0 Å².